The summed E-state index contributed by atoms with van der Waals surface area (Å²) in [6.45, 7) is -0.288. The molecule has 0 bridgehead atoms. The monoisotopic (exact) mass is 237 g/mol. The third-order valence-electron chi connectivity index (χ3n) is 2.37. The Bertz CT molecular complexity index is 488. The van der Waals surface area contributed by atoms with E-state index in [2.05, 4.69) is 0 Å². The zero-order valence-corrected chi connectivity index (χ0v) is 9.16. The number of nitrogens with zero attached hydrogens (tertiary/aromatic N) is 1. The molecule has 2 heterocycles. The lowest BCUT2D eigenvalue weighted by Crippen LogP contribution is -2.12. The Kier molecular flexibility index (Phi) is 3.13. The van der Waals surface area contributed by atoms with E-state index >= 15 is 0 Å². The molecule has 17 heavy (non-hydrogen) atoms. The van der Waals surface area contributed by atoms with Gasteiger partial charge in [-0.15, -0.1) is 0 Å². The van der Waals surface area contributed by atoms with Crippen molar-refractivity contribution in [3.05, 3.63) is 52.2 Å². The van der Waals surface area contributed by atoms with E-state index in [1.807, 2.05) is 0 Å². The lowest BCUT2D eigenvalue weighted by molar-refractivity contribution is -0.482. The van der Waals surface area contributed by atoms with E-state index in [1.54, 1.807) is 24.3 Å². The zero-order chi connectivity index (χ0) is 12.3. The average molecular weight is 237 g/mol. The Morgan fingerprint density at radius 3 is 2.76 bits per heavy atom. The fourth-order valence-electron chi connectivity index (χ4n) is 1.59. The van der Waals surface area contributed by atoms with Gasteiger partial charge in [-0.1, -0.05) is 0 Å². The van der Waals surface area contributed by atoms with Gasteiger partial charge in [0.2, 0.25) is 6.54 Å². The molecule has 0 spiro atoms. The molecule has 0 saturated heterocycles. The predicted octanol–water partition coefficient (Wildman–Crippen LogP) is 2.29. The number of hydrogen-bond donors (Lipinski definition) is 0. The minimum Gasteiger partial charge on any atom is -0.468 e. The van der Waals surface area contributed by atoms with Gasteiger partial charge in [-0.25, -0.2) is 0 Å². The van der Waals surface area contributed by atoms with E-state index in [0.717, 1.165) is 0 Å². The molecule has 1 unspecified atom stereocenters. The van der Waals surface area contributed by atoms with E-state index in [9.17, 15) is 10.1 Å². The highest BCUT2D eigenvalue weighted by molar-refractivity contribution is 5.22. The second-order valence-corrected chi connectivity index (χ2v) is 3.44. The van der Waals surface area contributed by atoms with Crippen LogP contribution >= 0.6 is 0 Å². The number of hydrogen-bond acceptors (Lipinski definition) is 5. The number of ether oxygens (including phenoxy) is 1. The molecular formula is C11H11NO5. The van der Waals surface area contributed by atoms with E-state index < -0.39 is 10.8 Å². The summed E-state index contributed by atoms with van der Waals surface area (Å²) in [7, 11) is 1.47. The molecule has 0 aromatic carbocycles. The van der Waals surface area contributed by atoms with Gasteiger partial charge in [-0.2, -0.15) is 0 Å². The first kappa shape index (κ1) is 11.3. The zero-order valence-electron chi connectivity index (χ0n) is 9.16. The first-order chi connectivity index (χ1) is 8.20. The van der Waals surface area contributed by atoms with Crippen LogP contribution in [0.25, 0.3) is 0 Å². The highest BCUT2D eigenvalue weighted by atomic mass is 16.6. The molecule has 6 nitrogen and oxygen atoms in total. The summed E-state index contributed by atoms with van der Waals surface area (Å²) >= 11 is 0. The molecule has 0 aliphatic heterocycles. The van der Waals surface area contributed by atoms with Crippen molar-refractivity contribution in [2.24, 2.45) is 0 Å². The summed E-state index contributed by atoms with van der Waals surface area (Å²) in [6, 6.07) is 6.63. The van der Waals surface area contributed by atoms with Crippen molar-refractivity contribution >= 4 is 0 Å². The SMILES string of the molecule is COc1ccc(C(C[N+](=O)[O-])c2ccco2)o1. The van der Waals surface area contributed by atoms with Crippen LogP contribution in [0.1, 0.15) is 17.4 Å². The highest BCUT2D eigenvalue weighted by Gasteiger charge is 2.26. The second kappa shape index (κ2) is 4.73. The van der Waals surface area contributed by atoms with Crippen LogP contribution in [0.3, 0.4) is 0 Å². The average Bonchev–Trinajstić information content (AvgIpc) is 2.97. The molecule has 0 fully saturated rings. The van der Waals surface area contributed by atoms with Gasteiger partial charge in [0.25, 0.3) is 5.95 Å². The van der Waals surface area contributed by atoms with Crippen LogP contribution in [0.15, 0.2) is 39.4 Å². The number of nitro groups is 1. The Morgan fingerprint density at radius 2 is 2.24 bits per heavy atom. The van der Waals surface area contributed by atoms with Crippen molar-refractivity contribution in [3.8, 4) is 5.95 Å². The highest BCUT2D eigenvalue weighted by Crippen LogP contribution is 2.29. The van der Waals surface area contributed by atoms with Crippen molar-refractivity contribution in [1.29, 1.82) is 0 Å². The van der Waals surface area contributed by atoms with Crippen LogP contribution in [-0.4, -0.2) is 18.6 Å². The number of furan rings is 2. The van der Waals surface area contributed by atoms with Gasteiger partial charge in [-0.05, 0) is 18.2 Å². The maximum Gasteiger partial charge on any atom is 0.284 e. The van der Waals surface area contributed by atoms with Crippen molar-refractivity contribution < 1.29 is 18.5 Å². The fourth-order valence-corrected chi connectivity index (χ4v) is 1.59. The van der Waals surface area contributed by atoms with E-state index in [-0.39, 0.29) is 6.54 Å². The van der Waals surface area contributed by atoms with E-state index in [0.29, 0.717) is 17.5 Å². The molecule has 0 radical (unpaired) electrons. The maximum atomic E-state index is 10.6. The van der Waals surface area contributed by atoms with Crippen molar-refractivity contribution in [3.63, 3.8) is 0 Å². The standard InChI is InChI=1S/C11H11NO5/c1-15-11-5-4-10(17-11)8(7-12(13)14)9-3-2-6-16-9/h2-6,8H,7H2,1H3. The summed E-state index contributed by atoms with van der Waals surface area (Å²) in [5, 5.41) is 10.6. The first-order valence-corrected chi connectivity index (χ1v) is 4.99. The van der Waals surface area contributed by atoms with E-state index in [1.165, 1.54) is 13.4 Å². The molecule has 6 heteroatoms. The normalized spacial score (nSPS) is 12.3. The Hall–Kier alpha value is -2.24. The molecule has 0 aliphatic carbocycles. The summed E-state index contributed by atoms with van der Waals surface area (Å²) in [6.07, 6.45) is 1.47. The van der Waals surface area contributed by atoms with Crippen molar-refractivity contribution in [2.45, 2.75) is 5.92 Å². The number of methoxy groups -OCH3 is 1. The van der Waals surface area contributed by atoms with Gasteiger partial charge >= 0.3 is 0 Å². The molecule has 2 rings (SSSR count). The molecular weight excluding hydrogens is 226 g/mol. The molecule has 2 aromatic heterocycles. The molecule has 0 saturated carbocycles. The van der Waals surface area contributed by atoms with Gasteiger partial charge in [0.05, 0.1) is 13.4 Å². The molecule has 1 atom stereocenters. The Labute approximate surface area is 96.9 Å². The summed E-state index contributed by atoms with van der Waals surface area (Å²) in [5.74, 6) is 0.732. The van der Waals surface area contributed by atoms with Crippen LogP contribution in [0.2, 0.25) is 0 Å². The Balaban J connectivity index is 2.29. The Morgan fingerprint density at radius 1 is 1.41 bits per heavy atom. The van der Waals surface area contributed by atoms with E-state index in [4.69, 9.17) is 13.6 Å². The quantitative estimate of drug-likeness (QED) is 0.588. The summed E-state index contributed by atoms with van der Waals surface area (Å²) < 4.78 is 15.4. The van der Waals surface area contributed by atoms with Crippen LogP contribution in [-0.2, 0) is 0 Å². The molecule has 2 aromatic rings. The third-order valence-corrected chi connectivity index (χ3v) is 2.37. The maximum absolute atomic E-state index is 10.6. The van der Waals surface area contributed by atoms with Crippen molar-refractivity contribution in [1.82, 2.24) is 0 Å². The molecule has 0 aliphatic rings. The smallest absolute Gasteiger partial charge is 0.284 e. The largest absolute Gasteiger partial charge is 0.468 e. The lowest BCUT2D eigenvalue weighted by atomic mass is 10.0. The second-order valence-electron chi connectivity index (χ2n) is 3.44. The summed E-state index contributed by atoms with van der Waals surface area (Å²) in [4.78, 5) is 10.2. The third kappa shape index (κ3) is 2.47. The lowest BCUT2D eigenvalue weighted by Gasteiger charge is -2.06. The topological polar surface area (TPSA) is 78.7 Å². The number of rotatable bonds is 5. The minimum atomic E-state index is -0.538. The van der Waals surface area contributed by atoms with Gasteiger partial charge in [0.1, 0.15) is 17.4 Å². The first-order valence-electron chi connectivity index (χ1n) is 4.99. The molecule has 0 amide bonds. The molecule has 90 valence electrons. The van der Waals surface area contributed by atoms with Gasteiger partial charge < -0.3 is 13.6 Å². The molecule has 0 N–H and O–H groups in total. The van der Waals surface area contributed by atoms with Gasteiger partial charge in [-0.3, -0.25) is 10.1 Å². The van der Waals surface area contributed by atoms with Crippen LogP contribution in [0.5, 0.6) is 5.95 Å². The van der Waals surface area contributed by atoms with Gasteiger partial charge in [0.15, 0.2) is 0 Å². The minimum absolute atomic E-state index is 0.288. The van der Waals surface area contributed by atoms with Crippen molar-refractivity contribution in [2.75, 3.05) is 13.7 Å². The fraction of sp³-hybridized carbons (Fsp3) is 0.273. The van der Waals surface area contributed by atoms with Crippen LogP contribution < -0.4 is 4.74 Å². The van der Waals surface area contributed by atoms with Crippen LogP contribution in [0, 0.1) is 10.1 Å². The predicted molar refractivity (Wildman–Crippen MR) is 57.7 cm³/mol. The van der Waals surface area contributed by atoms with Gasteiger partial charge in [0, 0.05) is 11.0 Å². The van der Waals surface area contributed by atoms with Crippen LogP contribution in [0.4, 0.5) is 0 Å². The summed E-state index contributed by atoms with van der Waals surface area (Å²) in [5.41, 5.74) is 0.